The molecular weight excluding hydrogens is 210 g/mol. The minimum Gasteiger partial charge on any atom is -0.430 e. The van der Waals surface area contributed by atoms with Gasteiger partial charge in [-0.3, -0.25) is 0 Å². The van der Waals surface area contributed by atoms with Crippen LogP contribution in [0, 0.1) is 17.8 Å². The molecule has 86 valence electrons. The fraction of sp³-hybridized carbons (Fsp3) is 0.400. The number of oxazole rings is 1. The SMILES string of the molecule is C(#CC1CCCCC1)c1nc2ccccc2o1. The maximum absolute atomic E-state index is 5.57. The zero-order chi connectivity index (χ0) is 11.5. The van der Waals surface area contributed by atoms with Crippen molar-refractivity contribution in [3.05, 3.63) is 30.2 Å². The molecule has 1 aromatic heterocycles. The molecule has 1 aliphatic rings. The molecule has 2 nitrogen and oxygen atoms in total. The van der Waals surface area contributed by atoms with Gasteiger partial charge in [0.2, 0.25) is 0 Å². The fourth-order valence-corrected chi connectivity index (χ4v) is 2.34. The number of benzene rings is 1. The number of para-hydroxylation sites is 2. The van der Waals surface area contributed by atoms with Gasteiger partial charge in [0.1, 0.15) is 5.52 Å². The summed E-state index contributed by atoms with van der Waals surface area (Å²) in [7, 11) is 0. The summed E-state index contributed by atoms with van der Waals surface area (Å²) in [6.45, 7) is 0. The second kappa shape index (κ2) is 4.63. The molecule has 17 heavy (non-hydrogen) atoms. The van der Waals surface area contributed by atoms with Gasteiger partial charge in [0, 0.05) is 5.92 Å². The lowest BCUT2D eigenvalue weighted by Gasteiger charge is -2.15. The Bertz CT molecular complexity index is 534. The van der Waals surface area contributed by atoms with E-state index in [9.17, 15) is 0 Å². The third-order valence-electron chi connectivity index (χ3n) is 3.28. The van der Waals surface area contributed by atoms with Crippen molar-refractivity contribution in [1.29, 1.82) is 0 Å². The topological polar surface area (TPSA) is 26.0 Å². The van der Waals surface area contributed by atoms with E-state index in [4.69, 9.17) is 4.42 Å². The largest absolute Gasteiger partial charge is 0.430 e. The Morgan fingerprint density at radius 2 is 1.94 bits per heavy atom. The lowest BCUT2D eigenvalue weighted by atomic mass is 9.90. The molecule has 0 atom stereocenters. The lowest BCUT2D eigenvalue weighted by Crippen LogP contribution is -2.02. The molecule has 0 spiro atoms. The average molecular weight is 225 g/mol. The summed E-state index contributed by atoms with van der Waals surface area (Å²) in [5.41, 5.74) is 1.71. The molecule has 0 radical (unpaired) electrons. The normalized spacial score (nSPS) is 16.7. The molecule has 1 fully saturated rings. The van der Waals surface area contributed by atoms with Crippen LogP contribution in [-0.2, 0) is 0 Å². The first-order valence-corrected chi connectivity index (χ1v) is 6.29. The second-order valence-electron chi connectivity index (χ2n) is 4.59. The molecule has 1 heterocycles. The van der Waals surface area contributed by atoms with Gasteiger partial charge in [-0.15, -0.1) is 0 Å². The Labute approximate surface area is 101 Å². The molecule has 0 bridgehead atoms. The predicted molar refractivity (Wildman–Crippen MR) is 67.5 cm³/mol. The van der Waals surface area contributed by atoms with E-state index in [1.807, 2.05) is 24.3 Å². The maximum Gasteiger partial charge on any atom is 0.274 e. The van der Waals surface area contributed by atoms with E-state index in [0.717, 1.165) is 11.1 Å². The van der Waals surface area contributed by atoms with Gasteiger partial charge in [0.25, 0.3) is 5.89 Å². The molecule has 0 amide bonds. The third kappa shape index (κ3) is 2.34. The molecule has 3 rings (SSSR count). The monoisotopic (exact) mass is 225 g/mol. The Kier molecular flexibility index (Phi) is 2.83. The number of hydrogen-bond acceptors (Lipinski definition) is 2. The number of nitrogens with zero attached hydrogens (tertiary/aromatic N) is 1. The van der Waals surface area contributed by atoms with Crippen LogP contribution in [0.15, 0.2) is 28.7 Å². The van der Waals surface area contributed by atoms with Crippen molar-refractivity contribution in [2.75, 3.05) is 0 Å². The van der Waals surface area contributed by atoms with Crippen molar-refractivity contribution in [2.45, 2.75) is 32.1 Å². The number of fused-ring (bicyclic) bond motifs is 1. The minimum atomic E-state index is 0.541. The van der Waals surface area contributed by atoms with E-state index in [2.05, 4.69) is 16.8 Å². The van der Waals surface area contributed by atoms with E-state index in [1.165, 1.54) is 32.1 Å². The zero-order valence-corrected chi connectivity index (χ0v) is 9.78. The number of hydrogen-bond donors (Lipinski definition) is 0. The maximum atomic E-state index is 5.57. The molecule has 1 aliphatic carbocycles. The first-order chi connectivity index (χ1) is 8.42. The average Bonchev–Trinajstić information content (AvgIpc) is 2.80. The Morgan fingerprint density at radius 3 is 2.76 bits per heavy atom. The van der Waals surface area contributed by atoms with E-state index in [1.54, 1.807) is 0 Å². The van der Waals surface area contributed by atoms with Crippen LogP contribution in [0.5, 0.6) is 0 Å². The molecule has 0 saturated heterocycles. The molecule has 0 unspecified atom stereocenters. The van der Waals surface area contributed by atoms with Crippen LogP contribution in [0.4, 0.5) is 0 Å². The number of rotatable bonds is 0. The molecule has 2 heteroatoms. The predicted octanol–water partition coefficient (Wildman–Crippen LogP) is 3.76. The van der Waals surface area contributed by atoms with Gasteiger partial charge in [0.15, 0.2) is 5.58 Å². The minimum absolute atomic E-state index is 0.541. The van der Waals surface area contributed by atoms with Gasteiger partial charge < -0.3 is 4.42 Å². The van der Waals surface area contributed by atoms with Crippen molar-refractivity contribution in [3.63, 3.8) is 0 Å². The van der Waals surface area contributed by atoms with Crippen LogP contribution >= 0.6 is 0 Å². The van der Waals surface area contributed by atoms with Crippen molar-refractivity contribution in [3.8, 4) is 11.8 Å². The third-order valence-corrected chi connectivity index (χ3v) is 3.28. The highest BCUT2D eigenvalue weighted by molar-refractivity contribution is 5.72. The Morgan fingerprint density at radius 1 is 1.12 bits per heavy atom. The van der Waals surface area contributed by atoms with E-state index in [-0.39, 0.29) is 0 Å². The van der Waals surface area contributed by atoms with Gasteiger partial charge in [-0.2, -0.15) is 0 Å². The van der Waals surface area contributed by atoms with Crippen molar-refractivity contribution < 1.29 is 4.42 Å². The second-order valence-corrected chi connectivity index (χ2v) is 4.59. The van der Waals surface area contributed by atoms with Gasteiger partial charge >= 0.3 is 0 Å². The standard InChI is InChI=1S/C15H15NO/c1-2-6-12(7-3-1)10-11-15-16-13-8-4-5-9-14(13)17-15/h4-5,8-9,12H,1-3,6-7H2. The van der Waals surface area contributed by atoms with E-state index < -0.39 is 0 Å². The molecule has 2 aromatic rings. The van der Waals surface area contributed by atoms with Crippen LogP contribution in [0.25, 0.3) is 11.1 Å². The first-order valence-electron chi connectivity index (χ1n) is 6.29. The van der Waals surface area contributed by atoms with Gasteiger partial charge in [0.05, 0.1) is 0 Å². The van der Waals surface area contributed by atoms with Crippen LogP contribution in [0.3, 0.4) is 0 Å². The van der Waals surface area contributed by atoms with E-state index in [0.29, 0.717) is 11.8 Å². The molecule has 1 saturated carbocycles. The van der Waals surface area contributed by atoms with Gasteiger partial charge in [-0.25, -0.2) is 4.98 Å². The van der Waals surface area contributed by atoms with Crippen LogP contribution in [-0.4, -0.2) is 4.98 Å². The lowest BCUT2D eigenvalue weighted by molar-refractivity contribution is 0.430. The molecule has 1 aromatic carbocycles. The summed E-state index contributed by atoms with van der Waals surface area (Å²) < 4.78 is 5.57. The highest BCUT2D eigenvalue weighted by atomic mass is 16.3. The highest BCUT2D eigenvalue weighted by Crippen LogP contribution is 2.23. The Hall–Kier alpha value is -1.75. The summed E-state index contributed by atoms with van der Waals surface area (Å²) >= 11 is 0. The highest BCUT2D eigenvalue weighted by Gasteiger charge is 2.10. The van der Waals surface area contributed by atoms with Gasteiger partial charge in [-0.05, 0) is 30.9 Å². The van der Waals surface area contributed by atoms with Crippen LogP contribution in [0.1, 0.15) is 38.0 Å². The van der Waals surface area contributed by atoms with Crippen molar-refractivity contribution >= 4 is 11.1 Å². The van der Waals surface area contributed by atoms with Crippen molar-refractivity contribution in [2.24, 2.45) is 5.92 Å². The van der Waals surface area contributed by atoms with Crippen LogP contribution < -0.4 is 0 Å². The Balaban J connectivity index is 1.82. The smallest absolute Gasteiger partial charge is 0.274 e. The van der Waals surface area contributed by atoms with E-state index >= 15 is 0 Å². The molecular formula is C15H15NO. The summed E-state index contributed by atoms with van der Waals surface area (Å²) in [5, 5.41) is 0. The summed E-state index contributed by atoms with van der Waals surface area (Å²) in [6.07, 6.45) is 6.45. The summed E-state index contributed by atoms with van der Waals surface area (Å²) in [5.74, 6) is 7.46. The molecule has 0 aliphatic heterocycles. The van der Waals surface area contributed by atoms with Crippen molar-refractivity contribution in [1.82, 2.24) is 4.98 Å². The van der Waals surface area contributed by atoms with Crippen LogP contribution in [0.2, 0.25) is 0 Å². The summed E-state index contributed by atoms with van der Waals surface area (Å²) in [6, 6.07) is 7.79. The molecule has 0 N–H and O–H groups in total. The number of aromatic nitrogens is 1. The first kappa shape index (κ1) is 10.4. The fourth-order valence-electron chi connectivity index (χ4n) is 2.34. The quantitative estimate of drug-likeness (QED) is 0.638. The summed E-state index contributed by atoms with van der Waals surface area (Å²) in [4.78, 5) is 4.36. The van der Waals surface area contributed by atoms with Gasteiger partial charge in [-0.1, -0.05) is 37.3 Å². The zero-order valence-electron chi connectivity index (χ0n) is 9.78.